The third kappa shape index (κ3) is 10.3. The molecule has 0 aromatic heterocycles. The molecule has 7 aromatic carbocycles. The highest BCUT2D eigenvalue weighted by atomic mass is 14.3. The van der Waals surface area contributed by atoms with Crippen LogP contribution in [0.25, 0.3) is 65.3 Å². The molecule has 0 unspecified atom stereocenters. The first-order valence-corrected chi connectivity index (χ1v) is 32.8. The van der Waals surface area contributed by atoms with Crippen molar-refractivity contribution in [1.29, 1.82) is 0 Å². The molecule has 0 fully saturated rings. The van der Waals surface area contributed by atoms with E-state index in [1.54, 1.807) is 54.6 Å². The molecule has 7 rings (SSSR count). The average Bonchev–Trinajstić information content (AvgIpc) is 3.60. The molecular weight excluding hydrogens is 935 g/mol. The maximum Gasteiger partial charge on any atom is 0.139 e. The summed E-state index contributed by atoms with van der Waals surface area (Å²) in [5.41, 5.74) is 39.1. The fourth-order valence-electron chi connectivity index (χ4n) is 17.4. The molecule has 376 valence electrons. The van der Waals surface area contributed by atoms with Crippen molar-refractivity contribution in [2.24, 2.45) is 0 Å². The van der Waals surface area contributed by atoms with Crippen LogP contribution in [0.2, 0.25) is 0 Å². The smallest absolute Gasteiger partial charge is 0.113 e. The van der Waals surface area contributed by atoms with Crippen LogP contribution in [0.4, 0.5) is 0 Å². The number of hydrogen-bond donors (Lipinski definition) is 0. The molecule has 0 nitrogen and oxygen atoms in total. The molecule has 32 heteroatoms. The largest absolute Gasteiger partial charge is 0.139 e. The Morgan fingerprint density at radius 3 is 1.02 bits per heavy atom. The standard InChI is InChI=1S/C49H84B32/c1-16-18(3)25(10)33-31(22(16)7)24(9)20(5)27(12)35(33)39-34-26(11)19(4)17(2)23(8)32(34)30(15)38-36(39)28(13)21(6)29(14)37(38)40-41-42(43(50)44(68-51)45(40)71(54)55)47(75(80(65)66)81(67)70-53)49(74(78(61)62)79(63)64)48(73(69-52)77(59)60)46(41)72(56)76(57)58/h68-70H,50-67H2,1-15H3. The van der Waals surface area contributed by atoms with Gasteiger partial charge in [-0.3, -0.25) is 0 Å². The first-order chi connectivity index (χ1) is 37.7. The Bertz CT molecular complexity index is 3700. The first kappa shape index (κ1) is 66.2. The molecule has 0 heterocycles. The van der Waals surface area contributed by atoms with Gasteiger partial charge in [-0.15, -0.1) is 16.4 Å². The van der Waals surface area contributed by atoms with Crippen molar-refractivity contribution < 1.29 is 0 Å². The lowest BCUT2D eigenvalue weighted by Gasteiger charge is -2.41. The lowest BCUT2D eigenvalue weighted by Crippen LogP contribution is -2.80. The minimum absolute atomic E-state index is 0.293. The number of rotatable bonds is 16. The summed E-state index contributed by atoms with van der Waals surface area (Å²) in [5, 5.41) is 12.0. The van der Waals surface area contributed by atoms with Crippen molar-refractivity contribution in [1.82, 2.24) is 0 Å². The van der Waals surface area contributed by atoms with Gasteiger partial charge in [-0.05, 0) is 253 Å². The van der Waals surface area contributed by atoms with E-state index < -0.39 is 0 Å². The van der Waals surface area contributed by atoms with Gasteiger partial charge < -0.3 is 0 Å². The summed E-state index contributed by atoms with van der Waals surface area (Å²) in [4.78, 5) is 0. The summed E-state index contributed by atoms with van der Waals surface area (Å²) in [5.74, 6) is 0. The van der Waals surface area contributed by atoms with Crippen LogP contribution < -0.4 is 38.2 Å². The summed E-state index contributed by atoms with van der Waals surface area (Å²) in [7, 11) is 49.3. The molecule has 0 aliphatic rings. The SMILES string of the molecule is BBB(B)B(B(B)B)c1c(B(B(B)B)B(B)B)c(B(BB)B(B)B)c(B(B)B(B)B)c2c(-c3c(C)c(C)c(C)c4c(-c5c(C)c(C)c(C)c6c(C)c(C)c(C)c(C)c56)c5c(C)c(C)c(C)c(C)c5c(C)c34)c(B(B)B)c(BB)c(B)c12. The highest BCUT2D eigenvalue weighted by Gasteiger charge is 2.43. The third-order valence-corrected chi connectivity index (χ3v) is 23.0. The Hall–Kier alpha value is -2.34. The highest BCUT2D eigenvalue weighted by molar-refractivity contribution is 7.89. The summed E-state index contributed by atoms with van der Waals surface area (Å²) in [6, 6.07) is 0. The molecule has 0 aliphatic carbocycles. The van der Waals surface area contributed by atoms with E-state index in [1.165, 1.54) is 132 Å². The van der Waals surface area contributed by atoms with Crippen molar-refractivity contribution in [3.63, 3.8) is 0 Å². The molecule has 0 saturated heterocycles. The van der Waals surface area contributed by atoms with Crippen molar-refractivity contribution in [2.45, 2.75) is 104 Å². The van der Waals surface area contributed by atoms with E-state index >= 15 is 0 Å². The van der Waals surface area contributed by atoms with Gasteiger partial charge in [-0.2, -0.15) is 0 Å². The zero-order chi connectivity index (χ0) is 61.1. The van der Waals surface area contributed by atoms with Gasteiger partial charge in [0.25, 0.3) is 0 Å². The Kier molecular flexibility index (Phi) is 20.3. The normalized spacial score (nSPS) is 11.3. The Morgan fingerprint density at radius 2 is 0.654 bits per heavy atom. The maximum absolute atomic E-state index is 2.65. The summed E-state index contributed by atoms with van der Waals surface area (Å²) >= 11 is 0. The van der Waals surface area contributed by atoms with Gasteiger partial charge in [0.1, 0.15) is 21.5 Å². The fraction of sp³-hybridized carbons (Fsp3) is 0.306. The van der Waals surface area contributed by atoms with Gasteiger partial charge in [-0.25, -0.2) is 0 Å². The van der Waals surface area contributed by atoms with Gasteiger partial charge in [-0.1, -0.05) is 21.9 Å². The molecule has 81 heavy (non-hydrogen) atoms. The van der Waals surface area contributed by atoms with E-state index in [0.717, 1.165) is 21.3 Å². The summed E-state index contributed by atoms with van der Waals surface area (Å²) in [6.45, 7) is 38.6. The zero-order valence-electron chi connectivity index (χ0n) is 58.5. The molecule has 0 radical (unpaired) electrons. The predicted octanol–water partition coefficient (Wildman–Crippen LogP) is -14.1. The van der Waals surface area contributed by atoms with Gasteiger partial charge in [0, 0.05) is 45.4 Å². The van der Waals surface area contributed by atoms with E-state index in [4.69, 9.17) is 0 Å². The van der Waals surface area contributed by atoms with E-state index in [-0.39, 0.29) is 0 Å². The second kappa shape index (κ2) is 24.8. The van der Waals surface area contributed by atoms with Gasteiger partial charge >= 0.3 is 0 Å². The van der Waals surface area contributed by atoms with Crippen molar-refractivity contribution >= 4 is 313 Å². The molecule has 0 saturated carbocycles. The van der Waals surface area contributed by atoms with Crippen molar-refractivity contribution in [2.75, 3.05) is 0 Å². The Morgan fingerprint density at radius 1 is 0.284 bits per heavy atom. The van der Waals surface area contributed by atoms with Crippen LogP contribution in [0.5, 0.6) is 0 Å². The lowest BCUT2D eigenvalue weighted by atomic mass is 8.66. The van der Waals surface area contributed by atoms with E-state index in [0.29, 0.717) is 70.8 Å². The van der Waals surface area contributed by atoms with Crippen LogP contribution in [-0.2, 0) is 0 Å². The van der Waals surface area contributed by atoms with E-state index in [9.17, 15) is 0 Å². The van der Waals surface area contributed by atoms with Crippen molar-refractivity contribution in [3.8, 4) is 22.3 Å². The van der Waals surface area contributed by atoms with Crippen molar-refractivity contribution in [3.05, 3.63) is 83.5 Å². The minimum Gasteiger partial charge on any atom is -0.113 e. The monoisotopic (exact) mass is 1020 g/mol. The molecule has 0 aliphatic heterocycles. The fourth-order valence-corrected chi connectivity index (χ4v) is 17.4. The molecule has 0 spiro atoms. The van der Waals surface area contributed by atoms with Crippen LogP contribution in [0.3, 0.4) is 0 Å². The first-order valence-electron chi connectivity index (χ1n) is 32.8. The Balaban J connectivity index is 2.10. The second-order valence-corrected chi connectivity index (χ2v) is 29.0. The van der Waals surface area contributed by atoms with Crippen LogP contribution in [-0.4, -0.2) is 231 Å². The summed E-state index contributed by atoms with van der Waals surface area (Å²) in [6.07, 6.45) is 2.88. The molecule has 7 aromatic rings. The topological polar surface area (TPSA) is 0 Å². The zero-order valence-corrected chi connectivity index (χ0v) is 58.5. The molecule has 0 amide bonds. The van der Waals surface area contributed by atoms with Crippen LogP contribution in [0.1, 0.15) is 83.5 Å². The van der Waals surface area contributed by atoms with Gasteiger partial charge in [0.15, 0.2) is 0 Å². The summed E-state index contributed by atoms with van der Waals surface area (Å²) < 4.78 is 0. The minimum atomic E-state index is 0.293. The van der Waals surface area contributed by atoms with Crippen LogP contribution in [0.15, 0.2) is 0 Å². The van der Waals surface area contributed by atoms with Gasteiger partial charge in [0.2, 0.25) is 0 Å². The second-order valence-electron chi connectivity index (χ2n) is 29.0. The number of fused-ring (bicyclic) bond motifs is 4. The van der Waals surface area contributed by atoms with Gasteiger partial charge in [0.05, 0.1) is 165 Å². The molecule has 0 N–H and O–H groups in total. The Labute approximate surface area is 518 Å². The molecular formula is C49H84B32. The van der Waals surface area contributed by atoms with E-state index in [1.807, 2.05) is 0 Å². The number of aryl methyl sites for hydroxylation is 7. The number of hydrogen-bond acceptors (Lipinski definition) is 0. The van der Waals surface area contributed by atoms with E-state index in [2.05, 4.69) is 243 Å². The highest BCUT2D eigenvalue weighted by Crippen LogP contribution is 2.53. The van der Waals surface area contributed by atoms with Crippen LogP contribution >= 0.6 is 0 Å². The lowest BCUT2D eigenvalue weighted by molar-refractivity contribution is 1.22. The predicted molar refractivity (Wildman–Crippen MR) is 454 cm³/mol. The maximum atomic E-state index is 2.65. The molecule has 0 bridgehead atoms. The van der Waals surface area contributed by atoms with Crippen LogP contribution in [0, 0.1) is 104 Å². The third-order valence-electron chi connectivity index (χ3n) is 23.0. The quantitative estimate of drug-likeness (QED) is 0.0668. The molecule has 0 atom stereocenters. The average molecular weight is 1020 g/mol. The number of benzene rings is 7.